The predicted molar refractivity (Wildman–Crippen MR) is 46.0 cm³/mol. The van der Waals surface area contributed by atoms with Crippen LogP contribution in [-0.2, 0) is 0 Å². The number of nitrogens with two attached hydrogens (primary N) is 1. The van der Waals surface area contributed by atoms with E-state index in [0.29, 0.717) is 0 Å². The van der Waals surface area contributed by atoms with Gasteiger partial charge in [-0.2, -0.15) is 0 Å². The highest BCUT2D eigenvalue weighted by Gasteiger charge is 2.25. The Morgan fingerprint density at radius 1 is 1.40 bits per heavy atom. The molecule has 0 radical (unpaired) electrons. The van der Waals surface area contributed by atoms with Crippen LogP contribution in [0.15, 0.2) is 0 Å². The van der Waals surface area contributed by atoms with Crippen molar-refractivity contribution in [3.63, 3.8) is 0 Å². The molecular weight excluding hydrogens is 124 g/mol. The zero-order chi connectivity index (χ0) is 7.56. The van der Waals surface area contributed by atoms with Crippen molar-refractivity contribution in [1.29, 1.82) is 0 Å². The van der Waals surface area contributed by atoms with Gasteiger partial charge in [-0.3, -0.25) is 4.90 Å². The summed E-state index contributed by atoms with van der Waals surface area (Å²) in [5.74, 6) is 0. The molecule has 2 nitrogen and oxygen atoms in total. The van der Waals surface area contributed by atoms with Gasteiger partial charge in [0.25, 0.3) is 0 Å². The van der Waals surface area contributed by atoms with Crippen molar-refractivity contribution in [2.24, 2.45) is 5.73 Å². The van der Waals surface area contributed by atoms with Crippen LogP contribution in [0.3, 0.4) is 0 Å². The molecule has 1 saturated heterocycles. The molecule has 1 fully saturated rings. The highest BCUT2D eigenvalue weighted by atomic mass is 15.2. The summed E-state index contributed by atoms with van der Waals surface area (Å²) < 4.78 is 0. The van der Waals surface area contributed by atoms with Crippen LogP contribution in [0.1, 0.15) is 28.1 Å². The quantitative estimate of drug-likeness (QED) is 0.628. The van der Waals surface area contributed by atoms with Crippen LogP contribution in [0.25, 0.3) is 0 Å². The van der Waals surface area contributed by atoms with Gasteiger partial charge in [0.05, 0.1) is 0 Å². The van der Waals surface area contributed by atoms with E-state index in [0.717, 1.165) is 25.2 Å². The number of hydrogen-bond donors (Lipinski definition) is 1. The molecule has 0 amide bonds. The average Bonchev–Trinajstić information content (AvgIpc) is 2.20. The molecule has 0 spiro atoms. The second-order valence-electron chi connectivity index (χ2n) is 3.30. The van der Waals surface area contributed by atoms with Gasteiger partial charge in [-0.25, -0.2) is 0 Å². The van der Waals surface area contributed by atoms with Gasteiger partial charge in [-0.15, -0.1) is 0 Å². The predicted octanol–water partition coefficient (Wildman–Crippen LogP) is 1.06. The minimum atomic E-state index is 0. The Bertz CT molecular complexity index is 98.3. The molecule has 0 aromatic heterocycles. The lowest BCUT2D eigenvalue weighted by atomic mass is 10.2. The molecule has 1 aliphatic rings. The molecule has 0 aromatic rings. The maximum absolute atomic E-state index is 5.49. The first-order valence-electron chi connectivity index (χ1n) is 4.21. The summed E-state index contributed by atoms with van der Waals surface area (Å²) >= 11 is 0. The topological polar surface area (TPSA) is 29.3 Å². The Kier molecular flexibility index (Phi) is 2.69. The van der Waals surface area contributed by atoms with E-state index in [4.69, 9.17) is 5.73 Å². The average molecular weight is 144 g/mol. The van der Waals surface area contributed by atoms with E-state index in [1.54, 1.807) is 0 Å². The van der Waals surface area contributed by atoms with Crippen LogP contribution in [0.2, 0.25) is 0 Å². The van der Waals surface area contributed by atoms with Gasteiger partial charge in [-0.05, 0) is 26.7 Å². The molecule has 10 heavy (non-hydrogen) atoms. The number of nitrogens with zero attached hydrogens (tertiary/aromatic N) is 1. The summed E-state index contributed by atoms with van der Waals surface area (Å²) in [7, 11) is 0. The van der Waals surface area contributed by atoms with E-state index < -0.39 is 0 Å². The number of rotatable bonds is 2. The maximum Gasteiger partial charge on any atom is 0.0110 e. The highest BCUT2D eigenvalue weighted by Crippen LogP contribution is 2.22. The first kappa shape index (κ1) is 8.02. The SMILES string of the molecule is CC1CCC(C)N1CCN.[HH]. The standard InChI is InChI=1S/C8H18N2.H2/c1-7-3-4-8(2)10(7)6-5-9;/h7-8H,3-6,9H2,1-2H3;1H. The first-order chi connectivity index (χ1) is 4.75. The van der Waals surface area contributed by atoms with Crippen molar-refractivity contribution in [3.05, 3.63) is 0 Å². The lowest BCUT2D eigenvalue weighted by molar-refractivity contribution is 0.221. The van der Waals surface area contributed by atoms with Crippen LogP contribution < -0.4 is 5.73 Å². The van der Waals surface area contributed by atoms with Crippen LogP contribution in [0.5, 0.6) is 0 Å². The van der Waals surface area contributed by atoms with Crippen molar-refractivity contribution < 1.29 is 1.43 Å². The van der Waals surface area contributed by atoms with Crippen molar-refractivity contribution >= 4 is 0 Å². The fourth-order valence-corrected chi connectivity index (χ4v) is 1.84. The van der Waals surface area contributed by atoms with Crippen LogP contribution in [0, 0.1) is 0 Å². The van der Waals surface area contributed by atoms with Crippen LogP contribution in [-0.4, -0.2) is 30.1 Å². The normalized spacial score (nSPS) is 35.1. The Morgan fingerprint density at radius 2 is 1.90 bits per heavy atom. The third-order valence-electron chi connectivity index (χ3n) is 2.52. The summed E-state index contributed by atoms with van der Waals surface area (Å²) in [6.45, 7) is 6.45. The lowest BCUT2D eigenvalue weighted by Crippen LogP contribution is -2.36. The van der Waals surface area contributed by atoms with Gasteiger partial charge in [0.2, 0.25) is 0 Å². The van der Waals surface area contributed by atoms with E-state index in [-0.39, 0.29) is 1.43 Å². The van der Waals surface area contributed by atoms with Crippen molar-refractivity contribution in [2.75, 3.05) is 13.1 Å². The third-order valence-corrected chi connectivity index (χ3v) is 2.52. The Labute approximate surface area is 64.9 Å². The van der Waals surface area contributed by atoms with Crippen molar-refractivity contribution in [3.8, 4) is 0 Å². The summed E-state index contributed by atoms with van der Waals surface area (Å²) in [4.78, 5) is 2.50. The summed E-state index contributed by atoms with van der Waals surface area (Å²) in [5.41, 5.74) is 5.49. The van der Waals surface area contributed by atoms with E-state index in [9.17, 15) is 0 Å². The van der Waals surface area contributed by atoms with Gasteiger partial charge in [0, 0.05) is 26.6 Å². The molecule has 0 bridgehead atoms. The maximum atomic E-state index is 5.49. The lowest BCUT2D eigenvalue weighted by Gasteiger charge is -2.24. The van der Waals surface area contributed by atoms with Crippen LogP contribution >= 0.6 is 0 Å². The van der Waals surface area contributed by atoms with E-state index in [2.05, 4.69) is 18.7 Å². The second-order valence-corrected chi connectivity index (χ2v) is 3.30. The molecule has 2 atom stereocenters. The van der Waals surface area contributed by atoms with Gasteiger partial charge in [-0.1, -0.05) is 0 Å². The molecule has 2 heteroatoms. The number of hydrogen-bond acceptors (Lipinski definition) is 2. The van der Waals surface area contributed by atoms with Crippen molar-refractivity contribution in [1.82, 2.24) is 4.90 Å². The van der Waals surface area contributed by atoms with Gasteiger partial charge < -0.3 is 5.73 Å². The Hall–Kier alpha value is -0.0800. The van der Waals surface area contributed by atoms with Crippen LogP contribution in [0.4, 0.5) is 0 Å². The summed E-state index contributed by atoms with van der Waals surface area (Å²) in [5, 5.41) is 0. The number of likely N-dealkylation sites (tertiary alicyclic amines) is 1. The smallest absolute Gasteiger partial charge is 0.0110 e. The van der Waals surface area contributed by atoms with E-state index >= 15 is 0 Å². The molecule has 2 unspecified atom stereocenters. The largest absolute Gasteiger partial charge is 0.329 e. The highest BCUT2D eigenvalue weighted by molar-refractivity contribution is 4.81. The molecular formula is C8H20N2. The molecule has 0 aliphatic carbocycles. The fourth-order valence-electron chi connectivity index (χ4n) is 1.84. The Balaban J connectivity index is 0.000001000. The second kappa shape index (κ2) is 3.35. The first-order valence-corrected chi connectivity index (χ1v) is 4.21. The molecule has 1 rings (SSSR count). The molecule has 1 aliphatic heterocycles. The minimum Gasteiger partial charge on any atom is -0.329 e. The molecule has 2 N–H and O–H groups in total. The molecule has 1 heterocycles. The molecule has 0 saturated carbocycles. The zero-order valence-corrected chi connectivity index (χ0v) is 7.01. The van der Waals surface area contributed by atoms with Gasteiger partial charge in [0.1, 0.15) is 0 Å². The monoisotopic (exact) mass is 144 g/mol. The van der Waals surface area contributed by atoms with E-state index in [1.807, 2.05) is 0 Å². The minimum absolute atomic E-state index is 0. The molecule has 62 valence electrons. The van der Waals surface area contributed by atoms with E-state index in [1.165, 1.54) is 12.8 Å². The summed E-state index contributed by atoms with van der Waals surface area (Å²) in [6, 6.07) is 1.53. The fraction of sp³-hybridized carbons (Fsp3) is 1.00. The van der Waals surface area contributed by atoms with Crippen molar-refractivity contribution in [2.45, 2.75) is 38.8 Å². The van der Waals surface area contributed by atoms with Gasteiger partial charge >= 0.3 is 0 Å². The Morgan fingerprint density at radius 3 is 2.30 bits per heavy atom. The molecule has 0 aromatic carbocycles. The van der Waals surface area contributed by atoms with Gasteiger partial charge in [0.15, 0.2) is 0 Å². The summed E-state index contributed by atoms with van der Waals surface area (Å²) in [6.07, 6.45) is 2.70. The third kappa shape index (κ3) is 1.50. The zero-order valence-electron chi connectivity index (χ0n) is 7.01.